The maximum Gasteiger partial charge on any atom is 0.0656 e. The highest BCUT2D eigenvalue weighted by atomic mass is 35.5. The molecular formula is C9H11ClN2. The Labute approximate surface area is 76.9 Å². The Morgan fingerprint density at radius 3 is 3.00 bits per heavy atom. The van der Waals surface area contributed by atoms with Gasteiger partial charge in [0.15, 0.2) is 0 Å². The fourth-order valence-corrected chi connectivity index (χ4v) is 1.75. The molecule has 0 bridgehead atoms. The van der Waals surface area contributed by atoms with Gasteiger partial charge in [-0.2, -0.15) is 0 Å². The van der Waals surface area contributed by atoms with Crippen LogP contribution in [0.15, 0.2) is 12.1 Å². The summed E-state index contributed by atoms with van der Waals surface area (Å²) < 4.78 is 0. The second-order valence-corrected chi connectivity index (χ2v) is 3.58. The second kappa shape index (κ2) is 2.56. The summed E-state index contributed by atoms with van der Waals surface area (Å²) in [7, 11) is 2.07. The lowest BCUT2D eigenvalue weighted by molar-refractivity contribution is 0.956. The van der Waals surface area contributed by atoms with Crippen molar-refractivity contribution in [3.8, 4) is 0 Å². The van der Waals surface area contributed by atoms with E-state index in [1.54, 1.807) is 0 Å². The smallest absolute Gasteiger partial charge is 0.0656 e. The molecule has 3 heteroatoms. The van der Waals surface area contributed by atoms with Crippen molar-refractivity contribution in [1.29, 1.82) is 0 Å². The molecule has 0 aromatic heterocycles. The maximum atomic E-state index is 5.91. The first kappa shape index (κ1) is 7.74. The Bertz CT molecular complexity index is 323. The SMILES string of the molecule is CN1CCc2cc(N)c(Cl)cc21. The van der Waals surface area contributed by atoms with Gasteiger partial charge in [0.25, 0.3) is 0 Å². The largest absolute Gasteiger partial charge is 0.398 e. The Balaban J connectivity index is 2.56. The molecule has 0 spiro atoms. The monoisotopic (exact) mass is 182 g/mol. The van der Waals surface area contributed by atoms with E-state index in [0.29, 0.717) is 10.7 Å². The third kappa shape index (κ3) is 1.03. The zero-order valence-electron chi connectivity index (χ0n) is 6.97. The predicted octanol–water partition coefficient (Wildman–Crippen LogP) is 1.91. The molecule has 0 fully saturated rings. The molecule has 1 aromatic carbocycles. The molecule has 2 nitrogen and oxygen atoms in total. The van der Waals surface area contributed by atoms with Crippen LogP contribution < -0.4 is 10.6 Å². The number of halogens is 1. The number of likely N-dealkylation sites (N-methyl/N-ethyl adjacent to an activating group) is 1. The molecule has 0 radical (unpaired) electrons. The van der Waals surface area contributed by atoms with Crippen LogP contribution in [-0.2, 0) is 6.42 Å². The fourth-order valence-electron chi connectivity index (χ4n) is 1.59. The van der Waals surface area contributed by atoms with E-state index in [1.807, 2.05) is 12.1 Å². The van der Waals surface area contributed by atoms with Crippen molar-refractivity contribution in [2.75, 3.05) is 24.2 Å². The van der Waals surface area contributed by atoms with E-state index in [0.717, 1.165) is 13.0 Å². The van der Waals surface area contributed by atoms with E-state index in [1.165, 1.54) is 11.3 Å². The molecule has 0 saturated heterocycles. The van der Waals surface area contributed by atoms with Gasteiger partial charge in [0.05, 0.1) is 10.7 Å². The van der Waals surface area contributed by atoms with E-state index in [4.69, 9.17) is 17.3 Å². The average molecular weight is 183 g/mol. The van der Waals surface area contributed by atoms with Crippen molar-refractivity contribution in [3.05, 3.63) is 22.7 Å². The molecule has 1 aliphatic rings. The summed E-state index contributed by atoms with van der Waals surface area (Å²) in [5, 5.41) is 0.655. The lowest BCUT2D eigenvalue weighted by atomic mass is 10.1. The number of hydrogen-bond acceptors (Lipinski definition) is 2. The third-order valence-electron chi connectivity index (χ3n) is 2.33. The first-order chi connectivity index (χ1) is 5.68. The molecule has 2 rings (SSSR count). The third-order valence-corrected chi connectivity index (χ3v) is 2.65. The molecule has 0 saturated carbocycles. The van der Waals surface area contributed by atoms with Gasteiger partial charge in [-0.05, 0) is 24.1 Å². The highest BCUT2D eigenvalue weighted by Gasteiger charge is 2.16. The second-order valence-electron chi connectivity index (χ2n) is 3.17. The van der Waals surface area contributed by atoms with Crippen molar-refractivity contribution in [1.82, 2.24) is 0 Å². The van der Waals surface area contributed by atoms with Gasteiger partial charge in [-0.1, -0.05) is 11.6 Å². The number of nitrogen functional groups attached to an aromatic ring is 1. The minimum Gasteiger partial charge on any atom is -0.398 e. The van der Waals surface area contributed by atoms with Crippen LogP contribution in [0.4, 0.5) is 11.4 Å². The molecule has 12 heavy (non-hydrogen) atoms. The highest BCUT2D eigenvalue weighted by Crippen LogP contribution is 2.33. The predicted molar refractivity (Wildman–Crippen MR) is 52.8 cm³/mol. The fraction of sp³-hybridized carbons (Fsp3) is 0.333. The summed E-state index contributed by atoms with van der Waals surface area (Å²) in [5.41, 5.74) is 8.90. The van der Waals surface area contributed by atoms with Gasteiger partial charge >= 0.3 is 0 Å². The van der Waals surface area contributed by atoms with Gasteiger partial charge in [-0.3, -0.25) is 0 Å². The van der Waals surface area contributed by atoms with Crippen molar-refractivity contribution in [2.24, 2.45) is 0 Å². The maximum absolute atomic E-state index is 5.91. The van der Waals surface area contributed by atoms with Gasteiger partial charge < -0.3 is 10.6 Å². The van der Waals surface area contributed by atoms with Crippen LogP contribution in [0.25, 0.3) is 0 Å². The summed E-state index contributed by atoms with van der Waals surface area (Å²) in [6.45, 7) is 1.06. The molecule has 2 N–H and O–H groups in total. The van der Waals surface area contributed by atoms with Crippen molar-refractivity contribution in [2.45, 2.75) is 6.42 Å². The van der Waals surface area contributed by atoms with Gasteiger partial charge in [0.1, 0.15) is 0 Å². The number of anilines is 2. The molecule has 0 aliphatic carbocycles. The van der Waals surface area contributed by atoms with E-state index in [-0.39, 0.29) is 0 Å². The Morgan fingerprint density at radius 2 is 2.25 bits per heavy atom. The molecular weight excluding hydrogens is 172 g/mol. The van der Waals surface area contributed by atoms with E-state index in [9.17, 15) is 0 Å². The van der Waals surface area contributed by atoms with Crippen LogP contribution in [-0.4, -0.2) is 13.6 Å². The molecule has 1 aliphatic heterocycles. The Morgan fingerprint density at radius 1 is 1.50 bits per heavy atom. The van der Waals surface area contributed by atoms with Crippen LogP contribution in [0.3, 0.4) is 0 Å². The molecule has 64 valence electrons. The quantitative estimate of drug-likeness (QED) is 0.622. The minimum absolute atomic E-state index is 0.655. The van der Waals surface area contributed by atoms with Gasteiger partial charge in [0, 0.05) is 19.3 Å². The van der Waals surface area contributed by atoms with Crippen LogP contribution in [0, 0.1) is 0 Å². The standard InChI is InChI=1S/C9H11ClN2/c1-12-3-2-6-4-8(11)7(10)5-9(6)12/h4-5H,2-3,11H2,1H3. The summed E-state index contributed by atoms with van der Waals surface area (Å²) in [5.74, 6) is 0. The lowest BCUT2D eigenvalue weighted by Gasteiger charge is -2.12. The van der Waals surface area contributed by atoms with Crippen LogP contribution in [0.1, 0.15) is 5.56 Å². The molecule has 0 amide bonds. The zero-order chi connectivity index (χ0) is 8.72. The number of fused-ring (bicyclic) bond motifs is 1. The summed E-state index contributed by atoms with van der Waals surface area (Å²) in [6, 6.07) is 3.92. The van der Waals surface area contributed by atoms with Crippen molar-refractivity contribution < 1.29 is 0 Å². The summed E-state index contributed by atoms with van der Waals surface area (Å²) in [6.07, 6.45) is 1.08. The lowest BCUT2D eigenvalue weighted by Crippen LogP contribution is -2.12. The number of nitrogens with zero attached hydrogens (tertiary/aromatic N) is 1. The van der Waals surface area contributed by atoms with E-state index < -0.39 is 0 Å². The van der Waals surface area contributed by atoms with Gasteiger partial charge in [0.2, 0.25) is 0 Å². The summed E-state index contributed by atoms with van der Waals surface area (Å²) in [4.78, 5) is 2.20. The highest BCUT2D eigenvalue weighted by molar-refractivity contribution is 6.33. The van der Waals surface area contributed by atoms with E-state index >= 15 is 0 Å². The number of benzene rings is 1. The number of rotatable bonds is 0. The first-order valence-electron chi connectivity index (χ1n) is 3.97. The number of nitrogens with two attached hydrogens (primary N) is 1. The van der Waals surface area contributed by atoms with Crippen LogP contribution in [0.2, 0.25) is 5.02 Å². The first-order valence-corrected chi connectivity index (χ1v) is 4.35. The number of hydrogen-bond donors (Lipinski definition) is 1. The minimum atomic E-state index is 0.655. The molecule has 1 heterocycles. The normalized spacial score (nSPS) is 15.0. The topological polar surface area (TPSA) is 29.3 Å². The molecule has 1 aromatic rings. The van der Waals surface area contributed by atoms with E-state index in [2.05, 4.69) is 11.9 Å². The average Bonchev–Trinajstić information content (AvgIpc) is 2.35. The zero-order valence-corrected chi connectivity index (χ0v) is 7.73. The van der Waals surface area contributed by atoms with Crippen molar-refractivity contribution in [3.63, 3.8) is 0 Å². The Kier molecular flexibility index (Phi) is 1.65. The summed E-state index contributed by atoms with van der Waals surface area (Å²) >= 11 is 5.91. The van der Waals surface area contributed by atoms with Crippen LogP contribution in [0.5, 0.6) is 0 Å². The van der Waals surface area contributed by atoms with Gasteiger partial charge in [-0.25, -0.2) is 0 Å². The van der Waals surface area contributed by atoms with Crippen LogP contribution >= 0.6 is 11.6 Å². The Hall–Kier alpha value is -0.890. The molecule has 0 unspecified atom stereocenters. The van der Waals surface area contributed by atoms with Crippen molar-refractivity contribution >= 4 is 23.0 Å². The van der Waals surface area contributed by atoms with Gasteiger partial charge in [-0.15, -0.1) is 0 Å². The molecule has 0 atom stereocenters.